The highest BCUT2D eigenvalue weighted by Gasteiger charge is 2.22. The fourth-order valence-electron chi connectivity index (χ4n) is 2.34. The molecule has 5 heteroatoms. The van der Waals surface area contributed by atoms with Gasteiger partial charge in [0.2, 0.25) is 0 Å². The zero-order chi connectivity index (χ0) is 15.2. The van der Waals surface area contributed by atoms with Crippen LogP contribution in [-0.4, -0.2) is 25.7 Å². The van der Waals surface area contributed by atoms with E-state index in [9.17, 15) is 4.39 Å². The van der Waals surface area contributed by atoms with Crippen LogP contribution >= 0.6 is 0 Å². The van der Waals surface area contributed by atoms with Gasteiger partial charge < -0.3 is 14.8 Å². The van der Waals surface area contributed by atoms with E-state index >= 15 is 0 Å². The molecule has 0 amide bonds. The summed E-state index contributed by atoms with van der Waals surface area (Å²) in [7, 11) is 3.20. The predicted octanol–water partition coefficient (Wildman–Crippen LogP) is 2.94. The molecule has 21 heavy (non-hydrogen) atoms. The molecule has 1 aromatic heterocycles. The molecule has 0 bridgehead atoms. The molecule has 0 saturated heterocycles. The molecule has 0 aliphatic heterocycles. The normalized spacial score (nSPS) is 12.0. The molecular formula is C16H19FN2O2. The lowest BCUT2D eigenvalue weighted by Gasteiger charge is -2.23. The summed E-state index contributed by atoms with van der Waals surface area (Å²) in [6, 6.07) is 6.77. The number of ether oxygens (including phenoxy) is 2. The first-order valence-corrected chi connectivity index (χ1v) is 6.76. The Balaban J connectivity index is 2.57. The van der Waals surface area contributed by atoms with E-state index in [1.807, 2.05) is 25.1 Å². The van der Waals surface area contributed by atoms with Gasteiger partial charge in [0.05, 0.1) is 32.0 Å². The second-order valence-electron chi connectivity index (χ2n) is 4.50. The number of benzene rings is 1. The van der Waals surface area contributed by atoms with E-state index < -0.39 is 0 Å². The van der Waals surface area contributed by atoms with Crippen molar-refractivity contribution >= 4 is 0 Å². The lowest BCUT2D eigenvalue weighted by atomic mass is 9.98. The highest BCUT2D eigenvalue weighted by molar-refractivity contribution is 5.50. The summed E-state index contributed by atoms with van der Waals surface area (Å²) in [5.41, 5.74) is 1.55. The number of aromatic nitrogens is 1. The Kier molecular flexibility index (Phi) is 5.11. The van der Waals surface area contributed by atoms with Crippen LogP contribution in [0.1, 0.15) is 24.1 Å². The van der Waals surface area contributed by atoms with Gasteiger partial charge in [-0.05, 0) is 30.3 Å². The smallest absolute Gasteiger partial charge is 0.141 e. The first-order valence-electron chi connectivity index (χ1n) is 6.76. The number of hydrogen-bond donors (Lipinski definition) is 1. The summed E-state index contributed by atoms with van der Waals surface area (Å²) < 4.78 is 24.4. The van der Waals surface area contributed by atoms with E-state index in [-0.39, 0.29) is 11.9 Å². The highest BCUT2D eigenvalue weighted by atomic mass is 19.1. The molecule has 0 aliphatic rings. The molecule has 1 unspecified atom stereocenters. The summed E-state index contributed by atoms with van der Waals surface area (Å²) in [4.78, 5) is 3.93. The molecule has 1 heterocycles. The van der Waals surface area contributed by atoms with Gasteiger partial charge in [-0.1, -0.05) is 13.0 Å². The predicted molar refractivity (Wildman–Crippen MR) is 79.3 cm³/mol. The second-order valence-corrected chi connectivity index (χ2v) is 4.50. The lowest BCUT2D eigenvalue weighted by Crippen LogP contribution is -2.23. The fraction of sp³-hybridized carbons (Fsp3) is 0.312. The van der Waals surface area contributed by atoms with E-state index in [1.54, 1.807) is 20.4 Å². The van der Waals surface area contributed by atoms with Gasteiger partial charge in [-0.2, -0.15) is 0 Å². The number of methoxy groups -OCH3 is 2. The average molecular weight is 290 g/mol. The number of nitrogens with one attached hydrogen (secondary N) is 1. The van der Waals surface area contributed by atoms with Crippen molar-refractivity contribution in [1.29, 1.82) is 0 Å². The number of rotatable bonds is 6. The number of hydrogen-bond acceptors (Lipinski definition) is 4. The van der Waals surface area contributed by atoms with Crippen LogP contribution in [-0.2, 0) is 0 Å². The van der Waals surface area contributed by atoms with Crippen molar-refractivity contribution in [2.75, 3.05) is 20.8 Å². The van der Waals surface area contributed by atoms with E-state index in [0.717, 1.165) is 11.1 Å². The van der Waals surface area contributed by atoms with Crippen LogP contribution in [0.2, 0.25) is 0 Å². The Morgan fingerprint density at radius 2 is 1.86 bits per heavy atom. The van der Waals surface area contributed by atoms with Gasteiger partial charge in [0.1, 0.15) is 17.3 Å². The number of nitrogens with zero attached hydrogens (tertiary/aromatic N) is 1. The Hall–Kier alpha value is -2.14. The maximum Gasteiger partial charge on any atom is 0.141 e. The highest BCUT2D eigenvalue weighted by Crippen LogP contribution is 2.37. The summed E-state index contributed by atoms with van der Waals surface area (Å²) in [6.45, 7) is 2.70. The molecule has 0 radical (unpaired) electrons. The van der Waals surface area contributed by atoms with Gasteiger partial charge in [-0.15, -0.1) is 0 Å². The van der Waals surface area contributed by atoms with Gasteiger partial charge in [-0.25, -0.2) is 4.39 Å². The van der Waals surface area contributed by atoms with Gasteiger partial charge in [0.25, 0.3) is 0 Å². The maximum atomic E-state index is 13.5. The third-order valence-corrected chi connectivity index (χ3v) is 3.22. The van der Waals surface area contributed by atoms with Crippen LogP contribution in [0.3, 0.4) is 0 Å². The Labute approximate surface area is 123 Å². The van der Waals surface area contributed by atoms with Gasteiger partial charge >= 0.3 is 0 Å². The Morgan fingerprint density at radius 1 is 1.19 bits per heavy atom. The Bertz CT molecular complexity index is 582. The molecule has 1 aromatic carbocycles. The minimum absolute atomic E-state index is 0.260. The summed E-state index contributed by atoms with van der Waals surface area (Å²) in [6.07, 6.45) is 2.83. The minimum Gasteiger partial charge on any atom is -0.496 e. The zero-order valence-electron chi connectivity index (χ0n) is 12.4. The third kappa shape index (κ3) is 3.31. The summed E-state index contributed by atoms with van der Waals surface area (Å²) in [5, 5.41) is 3.33. The second kappa shape index (κ2) is 7.04. The van der Waals surface area contributed by atoms with Gasteiger partial charge in [0.15, 0.2) is 0 Å². The summed E-state index contributed by atoms with van der Waals surface area (Å²) >= 11 is 0. The molecule has 0 saturated carbocycles. The standard InChI is InChI=1S/C16H19FN2O2/c1-4-19-16(11-8-12(17)10-18-9-11)15-13(20-2)6-5-7-14(15)21-3/h5-10,16,19H,4H2,1-3H3. The molecule has 1 N–H and O–H groups in total. The van der Waals surface area contributed by atoms with Crippen LogP contribution in [0.15, 0.2) is 36.7 Å². The zero-order valence-corrected chi connectivity index (χ0v) is 12.4. The monoisotopic (exact) mass is 290 g/mol. The van der Waals surface area contributed by atoms with Crippen molar-refractivity contribution in [3.05, 3.63) is 53.6 Å². The van der Waals surface area contributed by atoms with Gasteiger partial charge in [-0.3, -0.25) is 4.98 Å². The Morgan fingerprint density at radius 3 is 2.38 bits per heavy atom. The topological polar surface area (TPSA) is 43.4 Å². The third-order valence-electron chi connectivity index (χ3n) is 3.22. The van der Waals surface area contributed by atoms with E-state index in [0.29, 0.717) is 18.0 Å². The minimum atomic E-state index is -0.371. The van der Waals surface area contributed by atoms with Crippen molar-refractivity contribution in [2.45, 2.75) is 13.0 Å². The maximum absolute atomic E-state index is 13.5. The molecule has 2 rings (SSSR count). The van der Waals surface area contributed by atoms with E-state index in [2.05, 4.69) is 10.3 Å². The van der Waals surface area contributed by atoms with Crippen LogP contribution < -0.4 is 14.8 Å². The molecule has 0 spiro atoms. The van der Waals surface area contributed by atoms with Crippen LogP contribution in [0.4, 0.5) is 4.39 Å². The van der Waals surface area contributed by atoms with Crippen molar-refractivity contribution in [1.82, 2.24) is 10.3 Å². The largest absolute Gasteiger partial charge is 0.496 e. The molecule has 112 valence electrons. The molecule has 2 aromatic rings. The quantitative estimate of drug-likeness (QED) is 0.888. The van der Waals surface area contributed by atoms with E-state index in [4.69, 9.17) is 9.47 Å². The van der Waals surface area contributed by atoms with Crippen molar-refractivity contribution < 1.29 is 13.9 Å². The molecule has 1 atom stereocenters. The number of halogens is 1. The molecule has 0 aliphatic carbocycles. The van der Waals surface area contributed by atoms with Crippen molar-refractivity contribution in [3.8, 4) is 11.5 Å². The SMILES string of the molecule is CCNC(c1cncc(F)c1)c1c(OC)cccc1OC. The van der Waals surface area contributed by atoms with E-state index in [1.165, 1.54) is 12.3 Å². The average Bonchev–Trinajstić information content (AvgIpc) is 2.52. The van der Waals surface area contributed by atoms with Gasteiger partial charge in [0, 0.05) is 6.20 Å². The lowest BCUT2D eigenvalue weighted by molar-refractivity contribution is 0.377. The van der Waals surface area contributed by atoms with Crippen LogP contribution in [0.25, 0.3) is 0 Å². The van der Waals surface area contributed by atoms with Crippen molar-refractivity contribution in [2.24, 2.45) is 0 Å². The van der Waals surface area contributed by atoms with Crippen LogP contribution in [0.5, 0.6) is 11.5 Å². The molecule has 0 fully saturated rings. The fourth-order valence-corrected chi connectivity index (χ4v) is 2.34. The molecular weight excluding hydrogens is 271 g/mol. The first-order chi connectivity index (χ1) is 10.2. The molecule has 4 nitrogen and oxygen atoms in total. The summed E-state index contributed by atoms with van der Waals surface area (Å²) in [5.74, 6) is 0.999. The van der Waals surface area contributed by atoms with Crippen LogP contribution in [0, 0.1) is 5.82 Å². The van der Waals surface area contributed by atoms with Crippen molar-refractivity contribution in [3.63, 3.8) is 0 Å². The number of pyridine rings is 1. The first kappa shape index (κ1) is 15.3.